The summed E-state index contributed by atoms with van der Waals surface area (Å²) in [4.78, 5) is 12.1. The SMILES string of the molecule is COc1ncc(Br)cc1-c1ccnc(N)n1. The standard InChI is InChI=1S/C10H9BrN4O/c1-16-9-7(4-6(11)5-14-9)8-2-3-13-10(12)15-8/h2-5H,1H3,(H2,12,13,15). The second-order valence-corrected chi connectivity index (χ2v) is 3.93. The largest absolute Gasteiger partial charge is 0.481 e. The Kier molecular flexibility index (Phi) is 3.00. The predicted molar refractivity (Wildman–Crippen MR) is 63.9 cm³/mol. The molecule has 0 saturated carbocycles. The molecule has 2 aromatic rings. The van der Waals surface area contributed by atoms with Crippen LogP contribution in [0, 0.1) is 0 Å². The van der Waals surface area contributed by atoms with Crippen molar-refractivity contribution in [2.45, 2.75) is 0 Å². The zero-order valence-corrected chi connectivity index (χ0v) is 10.1. The van der Waals surface area contributed by atoms with Crippen molar-refractivity contribution in [3.05, 3.63) is 29.0 Å². The van der Waals surface area contributed by atoms with Crippen molar-refractivity contribution in [1.29, 1.82) is 0 Å². The minimum atomic E-state index is 0.222. The van der Waals surface area contributed by atoms with Crippen LogP contribution in [0.25, 0.3) is 11.3 Å². The van der Waals surface area contributed by atoms with E-state index in [4.69, 9.17) is 10.5 Å². The van der Waals surface area contributed by atoms with Gasteiger partial charge in [-0.15, -0.1) is 0 Å². The molecule has 0 bridgehead atoms. The number of halogens is 1. The van der Waals surface area contributed by atoms with E-state index in [0.29, 0.717) is 11.6 Å². The van der Waals surface area contributed by atoms with Crippen molar-refractivity contribution in [1.82, 2.24) is 15.0 Å². The number of hydrogen-bond acceptors (Lipinski definition) is 5. The molecule has 6 heteroatoms. The number of pyridine rings is 1. The maximum absolute atomic E-state index is 5.53. The number of hydrogen-bond donors (Lipinski definition) is 1. The van der Waals surface area contributed by atoms with Crippen molar-refractivity contribution in [2.24, 2.45) is 0 Å². The van der Waals surface area contributed by atoms with E-state index in [9.17, 15) is 0 Å². The van der Waals surface area contributed by atoms with Crippen LogP contribution in [0.3, 0.4) is 0 Å². The van der Waals surface area contributed by atoms with Gasteiger partial charge in [0.05, 0.1) is 18.4 Å². The van der Waals surface area contributed by atoms with Crippen LogP contribution in [0.2, 0.25) is 0 Å². The highest BCUT2D eigenvalue weighted by atomic mass is 79.9. The highest BCUT2D eigenvalue weighted by molar-refractivity contribution is 9.10. The zero-order valence-electron chi connectivity index (χ0n) is 8.51. The topological polar surface area (TPSA) is 73.9 Å². The van der Waals surface area contributed by atoms with Crippen molar-refractivity contribution in [2.75, 3.05) is 12.8 Å². The fourth-order valence-corrected chi connectivity index (χ4v) is 1.63. The Morgan fingerprint density at radius 3 is 2.88 bits per heavy atom. The molecular weight excluding hydrogens is 272 g/mol. The zero-order chi connectivity index (χ0) is 11.5. The summed E-state index contributed by atoms with van der Waals surface area (Å²) in [6, 6.07) is 3.62. The molecule has 16 heavy (non-hydrogen) atoms. The molecule has 2 N–H and O–H groups in total. The Bertz CT molecular complexity index is 518. The molecule has 0 atom stereocenters. The molecule has 5 nitrogen and oxygen atoms in total. The van der Waals surface area contributed by atoms with Crippen LogP contribution in [0.15, 0.2) is 29.0 Å². The van der Waals surface area contributed by atoms with Gasteiger partial charge in [0.15, 0.2) is 0 Å². The summed E-state index contributed by atoms with van der Waals surface area (Å²) in [5.74, 6) is 0.723. The minimum Gasteiger partial charge on any atom is -0.481 e. The van der Waals surface area contributed by atoms with Crippen molar-refractivity contribution in [3.63, 3.8) is 0 Å². The predicted octanol–water partition coefficient (Wildman–Crippen LogP) is 1.89. The lowest BCUT2D eigenvalue weighted by atomic mass is 10.2. The van der Waals surface area contributed by atoms with Gasteiger partial charge in [-0.25, -0.2) is 15.0 Å². The Balaban J connectivity index is 2.58. The first-order valence-corrected chi connectivity index (χ1v) is 5.28. The molecule has 0 aliphatic carbocycles. The number of rotatable bonds is 2. The fourth-order valence-electron chi connectivity index (χ4n) is 1.30. The Morgan fingerprint density at radius 2 is 2.19 bits per heavy atom. The molecule has 0 saturated heterocycles. The summed E-state index contributed by atoms with van der Waals surface area (Å²) < 4.78 is 6.01. The van der Waals surface area contributed by atoms with Gasteiger partial charge in [-0.2, -0.15) is 0 Å². The Hall–Kier alpha value is -1.69. The van der Waals surface area contributed by atoms with Crippen LogP contribution < -0.4 is 10.5 Å². The van der Waals surface area contributed by atoms with Gasteiger partial charge in [0.25, 0.3) is 0 Å². The highest BCUT2D eigenvalue weighted by Gasteiger charge is 2.09. The molecule has 0 aliphatic heterocycles. The summed E-state index contributed by atoms with van der Waals surface area (Å²) in [7, 11) is 1.56. The first-order chi connectivity index (χ1) is 7.70. The third-order valence-corrected chi connectivity index (χ3v) is 2.39. The quantitative estimate of drug-likeness (QED) is 0.909. The van der Waals surface area contributed by atoms with Crippen LogP contribution in [0.1, 0.15) is 0 Å². The first kappa shape index (κ1) is 10.8. The lowest BCUT2D eigenvalue weighted by Crippen LogP contribution is -1.97. The average Bonchev–Trinajstić information content (AvgIpc) is 2.29. The molecule has 2 heterocycles. The molecular formula is C10H9BrN4O. The third-order valence-electron chi connectivity index (χ3n) is 1.96. The number of methoxy groups -OCH3 is 1. The smallest absolute Gasteiger partial charge is 0.222 e. The number of nitrogens with zero attached hydrogens (tertiary/aromatic N) is 3. The summed E-state index contributed by atoms with van der Waals surface area (Å²) in [5.41, 5.74) is 6.98. The summed E-state index contributed by atoms with van der Waals surface area (Å²) >= 11 is 3.35. The lowest BCUT2D eigenvalue weighted by molar-refractivity contribution is 0.399. The molecule has 0 aromatic carbocycles. The maximum atomic E-state index is 5.53. The van der Waals surface area contributed by atoms with E-state index in [-0.39, 0.29) is 5.95 Å². The first-order valence-electron chi connectivity index (χ1n) is 4.49. The number of aromatic nitrogens is 3. The van der Waals surface area contributed by atoms with Gasteiger partial charge in [0.1, 0.15) is 0 Å². The van der Waals surface area contributed by atoms with E-state index in [2.05, 4.69) is 30.9 Å². The average molecular weight is 281 g/mol. The van der Waals surface area contributed by atoms with Crippen molar-refractivity contribution >= 4 is 21.9 Å². The normalized spacial score (nSPS) is 10.1. The Morgan fingerprint density at radius 1 is 1.38 bits per heavy atom. The number of nitrogens with two attached hydrogens (primary N) is 1. The number of anilines is 1. The van der Waals surface area contributed by atoms with Crippen molar-refractivity contribution in [3.8, 4) is 17.1 Å². The van der Waals surface area contributed by atoms with E-state index >= 15 is 0 Å². The lowest BCUT2D eigenvalue weighted by Gasteiger charge is -2.07. The van der Waals surface area contributed by atoms with Crippen LogP contribution >= 0.6 is 15.9 Å². The number of nitrogen functional groups attached to an aromatic ring is 1. The van der Waals surface area contributed by atoms with Crippen LogP contribution in [-0.4, -0.2) is 22.1 Å². The van der Waals surface area contributed by atoms with Crippen LogP contribution in [0.4, 0.5) is 5.95 Å². The van der Waals surface area contributed by atoms with Gasteiger partial charge in [-0.3, -0.25) is 0 Å². The molecule has 0 unspecified atom stereocenters. The fraction of sp³-hybridized carbons (Fsp3) is 0.100. The van der Waals surface area contributed by atoms with Crippen LogP contribution in [0.5, 0.6) is 5.88 Å². The van der Waals surface area contributed by atoms with Gasteiger partial charge in [-0.05, 0) is 28.1 Å². The monoisotopic (exact) mass is 280 g/mol. The van der Waals surface area contributed by atoms with Gasteiger partial charge in [0, 0.05) is 16.9 Å². The maximum Gasteiger partial charge on any atom is 0.222 e. The molecule has 0 amide bonds. The highest BCUT2D eigenvalue weighted by Crippen LogP contribution is 2.28. The molecule has 0 spiro atoms. The summed E-state index contributed by atoms with van der Waals surface area (Å²) in [6.07, 6.45) is 3.25. The third kappa shape index (κ3) is 2.11. The molecule has 0 radical (unpaired) electrons. The van der Waals surface area contributed by atoms with Gasteiger partial charge in [-0.1, -0.05) is 0 Å². The van der Waals surface area contributed by atoms with E-state index in [0.717, 1.165) is 10.0 Å². The Labute approximate surface area is 101 Å². The van der Waals surface area contributed by atoms with Gasteiger partial charge in [0.2, 0.25) is 11.8 Å². The van der Waals surface area contributed by atoms with Gasteiger partial charge < -0.3 is 10.5 Å². The summed E-state index contributed by atoms with van der Waals surface area (Å²) in [6.45, 7) is 0. The molecule has 0 aliphatic rings. The van der Waals surface area contributed by atoms with E-state index in [1.54, 1.807) is 25.6 Å². The summed E-state index contributed by atoms with van der Waals surface area (Å²) in [5, 5.41) is 0. The van der Waals surface area contributed by atoms with E-state index in [1.807, 2.05) is 6.07 Å². The molecule has 2 rings (SSSR count). The van der Waals surface area contributed by atoms with E-state index < -0.39 is 0 Å². The van der Waals surface area contributed by atoms with Gasteiger partial charge >= 0.3 is 0 Å². The number of ether oxygens (including phenoxy) is 1. The minimum absolute atomic E-state index is 0.222. The molecule has 2 aromatic heterocycles. The second-order valence-electron chi connectivity index (χ2n) is 3.01. The second kappa shape index (κ2) is 4.44. The van der Waals surface area contributed by atoms with Crippen molar-refractivity contribution < 1.29 is 4.74 Å². The molecule has 82 valence electrons. The molecule has 0 fully saturated rings. The van der Waals surface area contributed by atoms with Crippen LogP contribution in [-0.2, 0) is 0 Å². The van der Waals surface area contributed by atoms with E-state index in [1.165, 1.54) is 0 Å².